The maximum Gasteiger partial charge on any atom is 0.325 e. The van der Waals surface area contributed by atoms with E-state index in [0.29, 0.717) is 12.3 Å². The van der Waals surface area contributed by atoms with Crippen molar-refractivity contribution in [2.75, 3.05) is 20.2 Å². The second-order valence-electron chi connectivity index (χ2n) is 4.71. The first kappa shape index (κ1) is 16.5. The first-order chi connectivity index (χ1) is 10.5. The van der Waals surface area contributed by atoms with Crippen LogP contribution in [0.2, 0.25) is 0 Å². The van der Waals surface area contributed by atoms with Crippen molar-refractivity contribution in [1.82, 2.24) is 9.47 Å². The number of carbonyl (C=O) groups is 2. The van der Waals surface area contributed by atoms with E-state index in [-0.39, 0.29) is 12.5 Å². The molecule has 0 aliphatic rings. The molecule has 1 aromatic heterocycles. The van der Waals surface area contributed by atoms with Crippen molar-refractivity contribution in [2.24, 2.45) is 0 Å². The summed E-state index contributed by atoms with van der Waals surface area (Å²) in [6, 6.07) is 11.4. The highest BCUT2D eigenvalue weighted by molar-refractivity contribution is 14.1. The Balaban J connectivity index is 2.21. The topological polar surface area (TPSA) is 51.5 Å². The summed E-state index contributed by atoms with van der Waals surface area (Å²) in [4.78, 5) is 25.4. The monoisotopic (exact) mass is 412 g/mol. The van der Waals surface area contributed by atoms with Crippen LogP contribution in [0.5, 0.6) is 0 Å². The van der Waals surface area contributed by atoms with E-state index in [1.165, 1.54) is 4.90 Å². The zero-order valence-electron chi connectivity index (χ0n) is 12.5. The minimum Gasteiger partial charge on any atom is -0.465 e. The van der Waals surface area contributed by atoms with E-state index in [9.17, 15) is 9.59 Å². The number of likely N-dealkylation sites (N-methyl/N-ethyl adjacent to an activating group) is 1. The largest absolute Gasteiger partial charge is 0.465 e. The molecule has 0 spiro atoms. The molecule has 2 rings (SSSR count). The lowest BCUT2D eigenvalue weighted by Gasteiger charge is -2.17. The van der Waals surface area contributed by atoms with Gasteiger partial charge in [0.05, 0.1) is 6.61 Å². The van der Waals surface area contributed by atoms with Crippen molar-refractivity contribution in [3.05, 3.63) is 51.9 Å². The number of hydrogen-bond acceptors (Lipinski definition) is 3. The molecule has 0 N–H and O–H groups in total. The van der Waals surface area contributed by atoms with Gasteiger partial charge in [0.2, 0.25) is 0 Å². The molecule has 6 heteroatoms. The number of amides is 1. The van der Waals surface area contributed by atoms with Crippen LogP contribution in [0.25, 0.3) is 5.69 Å². The summed E-state index contributed by atoms with van der Waals surface area (Å²) in [6.45, 7) is 1.98. The molecule has 116 valence electrons. The molecular weight excluding hydrogens is 395 g/mol. The standard InChI is InChI=1S/C16H17IN2O3/c1-3-22-15(20)11-18(2)16(21)14-8-5-9-19(14)13-7-4-6-12(17)10-13/h4-10H,3,11H2,1-2H3. The number of rotatable bonds is 5. The SMILES string of the molecule is CCOC(=O)CN(C)C(=O)c1cccn1-c1cccc(I)c1. The molecule has 0 atom stereocenters. The predicted molar refractivity (Wildman–Crippen MR) is 92.1 cm³/mol. The number of hydrogen-bond donors (Lipinski definition) is 0. The minimum absolute atomic E-state index is 0.0653. The van der Waals surface area contributed by atoms with E-state index < -0.39 is 5.97 Å². The van der Waals surface area contributed by atoms with E-state index >= 15 is 0 Å². The molecule has 0 saturated heterocycles. The Bertz CT molecular complexity index is 682. The van der Waals surface area contributed by atoms with Gasteiger partial charge in [-0.15, -0.1) is 0 Å². The average molecular weight is 412 g/mol. The van der Waals surface area contributed by atoms with Crippen LogP contribution < -0.4 is 0 Å². The Morgan fingerprint density at radius 1 is 1.27 bits per heavy atom. The number of esters is 1. The van der Waals surface area contributed by atoms with Crippen molar-refractivity contribution in [3.63, 3.8) is 0 Å². The van der Waals surface area contributed by atoms with Gasteiger partial charge in [0, 0.05) is 22.5 Å². The lowest BCUT2D eigenvalue weighted by Crippen LogP contribution is -2.34. The maximum absolute atomic E-state index is 12.5. The molecule has 0 fully saturated rings. The van der Waals surface area contributed by atoms with Crippen LogP contribution in [-0.2, 0) is 9.53 Å². The molecule has 0 unspecified atom stereocenters. The summed E-state index contributed by atoms with van der Waals surface area (Å²) < 4.78 is 7.77. The molecule has 0 bridgehead atoms. The highest BCUT2D eigenvalue weighted by Gasteiger charge is 2.19. The summed E-state index contributed by atoms with van der Waals surface area (Å²) >= 11 is 2.23. The average Bonchev–Trinajstić information content (AvgIpc) is 2.96. The number of benzene rings is 1. The van der Waals surface area contributed by atoms with E-state index in [1.54, 1.807) is 20.0 Å². The minimum atomic E-state index is -0.411. The van der Waals surface area contributed by atoms with Gasteiger partial charge in [-0.1, -0.05) is 6.07 Å². The maximum atomic E-state index is 12.5. The Morgan fingerprint density at radius 3 is 2.73 bits per heavy atom. The molecule has 22 heavy (non-hydrogen) atoms. The van der Waals surface area contributed by atoms with E-state index in [1.807, 2.05) is 41.1 Å². The van der Waals surface area contributed by atoms with E-state index in [4.69, 9.17) is 4.74 Å². The zero-order chi connectivity index (χ0) is 16.1. The molecule has 5 nitrogen and oxygen atoms in total. The first-order valence-corrected chi connectivity index (χ1v) is 7.95. The lowest BCUT2D eigenvalue weighted by molar-refractivity contribution is -0.143. The fraction of sp³-hybridized carbons (Fsp3) is 0.250. The van der Waals surface area contributed by atoms with Gasteiger partial charge in [0.25, 0.3) is 5.91 Å². The van der Waals surface area contributed by atoms with Gasteiger partial charge in [-0.2, -0.15) is 0 Å². The Hall–Kier alpha value is -1.83. The predicted octanol–water partition coefficient (Wildman–Crippen LogP) is 2.72. The molecule has 0 aliphatic heterocycles. The van der Waals surface area contributed by atoms with Crippen molar-refractivity contribution in [2.45, 2.75) is 6.92 Å². The number of aromatic nitrogens is 1. The number of halogens is 1. The second-order valence-corrected chi connectivity index (χ2v) is 5.96. The quantitative estimate of drug-likeness (QED) is 0.561. The molecule has 0 aliphatic carbocycles. The van der Waals surface area contributed by atoms with Gasteiger partial charge in [-0.25, -0.2) is 0 Å². The van der Waals surface area contributed by atoms with Gasteiger partial charge in [-0.3, -0.25) is 9.59 Å². The van der Waals surface area contributed by atoms with Gasteiger partial charge in [0.1, 0.15) is 12.2 Å². The van der Waals surface area contributed by atoms with E-state index in [2.05, 4.69) is 22.6 Å². The summed E-state index contributed by atoms with van der Waals surface area (Å²) in [5, 5.41) is 0. The van der Waals surface area contributed by atoms with Gasteiger partial charge >= 0.3 is 5.97 Å². The van der Waals surface area contributed by atoms with Crippen molar-refractivity contribution < 1.29 is 14.3 Å². The zero-order valence-corrected chi connectivity index (χ0v) is 14.6. The van der Waals surface area contributed by atoms with Crippen LogP contribution in [0.15, 0.2) is 42.6 Å². The Kier molecular flexibility index (Phi) is 5.59. The van der Waals surface area contributed by atoms with Crippen LogP contribution in [0.1, 0.15) is 17.4 Å². The van der Waals surface area contributed by atoms with Gasteiger partial charge in [-0.05, 0) is 59.8 Å². The normalized spacial score (nSPS) is 10.3. The van der Waals surface area contributed by atoms with Gasteiger partial charge in [0.15, 0.2) is 0 Å². The molecule has 2 aromatic rings. The number of ether oxygens (including phenoxy) is 1. The molecule has 1 amide bonds. The van der Waals surface area contributed by atoms with Crippen LogP contribution >= 0.6 is 22.6 Å². The van der Waals surface area contributed by atoms with E-state index in [0.717, 1.165) is 9.26 Å². The van der Waals surface area contributed by atoms with Crippen LogP contribution in [0, 0.1) is 3.57 Å². The second kappa shape index (κ2) is 7.44. The summed E-state index contributed by atoms with van der Waals surface area (Å²) in [6.07, 6.45) is 1.83. The van der Waals surface area contributed by atoms with Crippen molar-refractivity contribution >= 4 is 34.5 Å². The highest BCUT2D eigenvalue weighted by atomic mass is 127. The van der Waals surface area contributed by atoms with Crippen molar-refractivity contribution in [3.8, 4) is 5.69 Å². The summed E-state index contributed by atoms with van der Waals surface area (Å²) in [7, 11) is 1.59. The molecule has 1 heterocycles. The Morgan fingerprint density at radius 2 is 2.05 bits per heavy atom. The number of nitrogens with zero attached hydrogens (tertiary/aromatic N) is 2. The molecule has 0 radical (unpaired) electrons. The third-order valence-electron chi connectivity index (χ3n) is 3.07. The molecule has 0 saturated carbocycles. The third-order valence-corrected chi connectivity index (χ3v) is 3.74. The first-order valence-electron chi connectivity index (χ1n) is 6.87. The molecular formula is C16H17IN2O3. The smallest absolute Gasteiger partial charge is 0.325 e. The number of carbonyl (C=O) groups excluding carboxylic acids is 2. The Labute approximate surface area is 143 Å². The fourth-order valence-electron chi connectivity index (χ4n) is 2.07. The summed E-state index contributed by atoms with van der Waals surface area (Å²) in [5.41, 5.74) is 1.42. The van der Waals surface area contributed by atoms with Gasteiger partial charge < -0.3 is 14.2 Å². The lowest BCUT2D eigenvalue weighted by atomic mass is 10.3. The highest BCUT2D eigenvalue weighted by Crippen LogP contribution is 2.16. The van der Waals surface area contributed by atoms with Crippen LogP contribution in [0.3, 0.4) is 0 Å². The third kappa shape index (κ3) is 3.88. The molecule has 1 aromatic carbocycles. The fourth-order valence-corrected chi connectivity index (χ4v) is 2.60. The van der Waals surface area contributed by atoms with Crippen LogP contribution in [-0.4, -0.2) is 41.5 Å². The van der Waals surface area contributed by atoms with Crippen molar-refractivity contribution in [1.29, 1.82) is 0 Å². The summed E-state index contributed by atoms with van der Waals surface area (Å²) in [5.74, 6) is -0.636. The van der Waals surface area contributed by atoms with Crippen LogP contribution in [0.4, 0.5) is 0 Å².